The number of rotatable bonds is 2. The molecule has 0 spiro atoms. The van der Waals surface area contributed by atoms with E-state index in [2.05, 4.69) is 5.10 Å². The van der Waals surface area contributed by atoms with Crippen molar-refractivity contribution in [2.75, 3.05) is 5.73 Å². The lowest BCUT2D eigenvalue weighted by molar-refractivity contribution is 0.103. The highest BCUT2D eigenvalue weighted by atomic mass is 16.3. The summed E-state index contributed by atoms with van der Waals surface area (Å²) in [4.78, 5) is 0. The molecule has 1 saturated carbocycles. The summed E-state index contributed by atoms with van der Waals surface area (Å²) in [5, 5.41) is 13.5. The Hall–Kier alpha value is -1.03. The first-order valence-electron chi connectivity index (χ1n) is 5.21. The number of hydrogen-bond acceptors (Lipinski definition) is 3. The van der Waals surface area contributed by atoms with Gasteiger partial charge >= 0.3 is 0 Å². The molecule has 0 atom stereocenters. The molecule has 0 aromatic carbocycles. The standard InChI is InChI=1S/C10H17N3O/c11-10-5-6-13(12-10)7-8-1-3-9(14)4-2-8/h5-6,8-9,14H,1-4,7H2,(H2,11,12). The van der Waals surface area contributed by atoms with Gasteiger partial charge < -0.3 is 10.8 Å². The van der Waals surface area contributed by atoms with Crippen LogP contribution in [0.5, 0.6) is 0 Å². The maximum atomic E-state index is 9.35. The van der Waals surface area contributed by atoms with Crippen LogP contribution in [0.4, 0.5) is 5.82 Å². The second-order valence-electron chi connectivity index (χ2n) is 4.14. The molecule has 1 heterocycles. The third-order valence-corrected chi connectivity index (χ3v) is 2.92. The van der Waals surface area contributed by atoms with Crippen molar-refractivity contribution in [1.82, 2.24) is 9.78 Å². The largest absolute Gasteiger partial charge is 0.393 e. The lowest BCUT2D eigenvalue weighted by atomic mass is 9.87. The molecular weight excluding hydrogens is 178 g/mol. The minimum Gasteiger partial charge on any atom is -0.393 e. The van der Waals surface area contributed by atoms with Gasteiger partial charge in [0.25, 0.3) is 0 Å². The van der Waals surface area contributed by atoms with Crippen LogP contribution in [0, 0.1) is 5.92 Å². The molecule has 2 rings (SSSR count). The van der Waals surface area contributed by atoms with E-state index in [4.69, 9.17) is 5.73 Å². The Morgan fingerprint density at radius 1 is 1.43 bits per heavy atom. The number of aromatic nitrogens is 2. The smallest absolute Gasteiger partial charge is 0.145 e. The summed E-state index contributed by atoms with van der Waals surface area (Å²) in [5.74, 6) is 1.23. The van der Waals surface area contributed by atoms with Gasteiger partial charge in [0.15, 0.2) is 0 Å². The number of aliphatic hydroxyl groups excluding tert-OH is 1. The van der Waals surface area contributed by atoms with Gasteiger partial charge in [0.2, 0.25) is 0 Å². The fourth-order valence-corrected chi connectivity index (χ4v) is 2.07. The van der Waals surface area contributed by atoms with Crippen LogP contribution in [0.3, 0.4) is 0 Å². The van der Waals surface area contributed by atoms with E-state index in [1.165, 1.54) is 0 Å². The lowest BCUT2D eigenvalue weighted by Gasteiger charge is -2.25. The van der Waals surface area contributed by atoms with Gasteiger partial charge in [0.1, 0.15) is 5.82 Å². The third-order valence-electron chi connectivity index (χ3n) is 2.92. The number of nitrogens with zero attached hydrogens (tertiary/aromatic N) is 2. The van der Waals surface area contributed by atoms with Crippen molar-refractivity contribution < 1.29 is 5.11 Å². The first-order valence-corrected chi connectivity index (χ1v) is 5.21. The SMILES string of the molecule is Nc1ccn(CC2CCC(O)CC2)n1. The maximum Gasteiger partial charge on any atom is 0.145 e. The summed E-state index contributed by atoms with van der Waals surface area (Å²) in [5.41, 5.74) is 5.53. The highest BCUT2D eigenvalue weighted by molar-refractivity contribution is 5.23. The second kappa shape index (κ2) is 4.00. The predicted octanol–water partition coefficient (Wildman–Crippen LogP) is 1.02. The summed E-state index contributed by atoms with van der Waals surface area (Å²) >= 11 is 0. The van der Waals surface area contributed by atoms with Crippen LogP contribution in [0.2, 0.25) is 0 Å². The molecular formula is C10H17N3O. The average molecular weight is 195 g/mol. The van der Waals surface area contributed by atoms with Gasteiger partial charge in [-0.3, -0.25) is 4.68 Å². The first-order chi connectivity index (χ1) is 6.74. The molecule has 0 unspecified atom stereocenters. The van der Waals surface area contributed by atoms with Crippen LogP contribution in [-0.4, -0.2) is 21.0 Å². The van der Waals surface area contributed by atoms with Crippen LogP contribution in [0.1, 0.15) is 25.7 Å². The van der Waals surface area contributed by atoms with E-state index in [1.54, 1.807) is 0 Å². The summed E-state index contributed by atoms with van der Waals surface area (Å²) in [6, 6.07) is 1.82. The highest BCUT2D eigenvalue weighted by Gasteiger charge is 2.19. The van der Waals surface area contributed by atoms with Gasteiger partial charge in [-0.25, -0.2) is 0 Å². The minimum atomic E-state index is -0.0751. The predicted molar refractivity (Wildman–Crippen MR) is 54.6 cm³/mol. The third kappa shape index (κ3) is 2.26. The normalized spacial score (nSPS) is 27.8. The molecule has 1 aromatic rings. The van der Waals surface area contributed by atoms with Gasteiger partial charge in [0, 0.05) is 12.7 Å². The van der Waals surface area contributed by atoms with Crippen molar-refractivity contribution in [3.8, 4) is 0 Å². The van der Waals surface area contributed by atoms with Gasteiger partial charge in [-0.05, 0) is 37.7 Å². The Morgan fingerprint density at radius 2 is 2.14 bits per heavy atom. The topological polar surface area (TPSA) is 64.1 Å². The lowest BCUT2D eigenvalue weighted by Crippen LogP contribution is -2.21. The monoisotopic (exact) mass is 195 g/mol. The van der Waals surface area contributed by atoms with Crippen molar-refractivity contribution in [1.29, 1.82) is 0 Å². The minimum absolute atomic E-state index is 0.0751. The summed E-state index contributed by atoms with van der Waals surface area (Å²) < 4.78 is 1.90. The number of nitrogens with two attached hydrogens (primary N) is 1. The van der Waals surface area contributed by atoms with Crippen molar-refractivity contribution >= 4 is 5.82 Å². The molecule has 78 valence electrons. The molecule has 0 radical (unpaired) electrons. The Balaban J connectivity index is 1.86. The van der Waals surface area contributed by atoms with Crippen LogP contribution in [0.15, 0.2) is 12.3 Å². The molecule has 1 fully saturated rings. The maximum absolute atomic E-state index is 9.35. The van der Waals surface area contributed by atoms with Crippen LogP contribution in [0.25, 0.3) is 0 Å². The van der Waals surface area contributed by atoms with Gasteiger partial charge in [-0.2, -0.15) is 5.10 Å². The van der Waals surface area contributed by atoms with E-state index < -0.39 is 0 Å². The molecule has 1 aliphatic rings. The highest BCUT2D eigenvalue weighted by Crippen LogP contribution is 2.25. The number of anilines is 1. The number of hydrogen-bond donors (Lipinski definition) is 2. The molecule has 0 aliphatic heterocycles. The van der Waals surface area contributed by atoms with E-state index >= 15 is 0 Å². The Kier molecular flexibility index (Phi) is 2.72. The van der Waals surface area contributed by atoms with E-state index in [1.807, 2.05) is 16.9 Å². The molecule has 0 bridgehead atoms. The van der Waals surface area contributed by atoms with Gasteiger partial charge in [0.05, 0.1) is 6.10 Å². The summed E-state index contributed by atoms with van der Waals surface area (Å²) in [6.45, 7) is 0.934. The Morgan fingerprint density at radius 3 is 2.71 bits per heavy atom. The Bertz CT molecular complexity index is 289. The van der Waals surface area contributed by atoms with Crippen LogP contribution in [-0.2, 0) is 6.54 Å². The number of aliphatic hydroxyl groups is 1. The van der Waals surface area contributed by atoms with E-state index in [9.17, 15) is 5.11 Å². The second-order valence-corrected chi connectivity index (χ2v) is 4.14. The van der Waals surface area contributed by atoms with Crippen LogP contribution < -0.4 is 5.73 Å². The fourth-order valence-electron chi connectivity index (χ4n) is 2.07. The van der Waals surface area contributed by atoms with E-state index in [0.29, 0.717) is 11.7 Å². The molecule has 0 saturated heterocycles. The molecule has 14 heavy (non-hydrogen) atoms. The summed E-state index contributed by atoms with van der Waals surface area (Å²) in [7, 11) is 0. The van der Waals surface area contributed by atoms with E-state index in [-0.39, 0.29) is 6.10 Å². The zero-order valence-corrected chi connectivity index (χ0v) is 8.26. The van der Waals surface area contributed by atoms with Crippen molar-refractivity contribution in [3.63, 3.8) is 0 Å². The van der Waals surface area contributed by atoms with Crippen molar-refractivity contribution in [3.05, 3.63) is 12.3 Å². The van der Waals surface area contributed by atoms with E-state index in [0.717, 1.165) is 32.2 Å². The molecule has 3 N–H and O–H groups in total. The fraction of sp³-hybridized carbons (Fsp3) is 0.700. The molecule has 0 amide bonds. The van der Waals surface area contributed by atoms with Crippen molar-refractivity contribution in [2.24, 2.45) is 5.92 Å². The van der Waals surface area contributed by atoms with Crippen molar-refractivity contribution in [2.45, 2.75) is 38.3 Å². The molecule has 4 heteroatoms. The van der Waals surface area contributed by atoms with Crippen LogP contribution >= 0.6 is 0 Å². The number of nitrogen functional groups attached to an aromatic ring is 1. The molecule has 1 aliphatic carbocycles. The Labute approximate surface area is 83.7 Å². The van der Waals surface area contributed by atoms with Gasteiger partial charge in [-0.15, -0.1) is 0 Å². The molecule has 1 aromatic heterocycles. The quantitative estimate of drug-likeness (QED) is 0.740. The van der Waals surface area contributed by atoms with Gasteiger partial charge in [-0.1, -0.05) is 0 Å². The zero-order chi connectivity index (χ0) is 9.97. The first kappa shape index (κ1) is 9.52. The zero-order valence-electron chi connectivity index (χ0n) is 8.26. The average Bonchev–Trinajstić information content (AvgIpc) is 2.56. The molecule has 4 nitrogen and oxygen atoms in total. The summed E-state index contributed by atoms with van der Waals surface area (Å²) in [6.07, 6.45) is 5.90.